The maximum absolute atomic E-state index is 12.6. The molecular formula is C16H20N4O2S. The minimum atomic E-state index is -0.0557. The fourth-order valence-corrected chi connectivity index (χ4v) is 4.11. The van der Waals surface area contributed by atoms with Crippen LogP contribution < -0.4 is 5.32 Å². The molecule has 0 unspecified atom stereocenters. The van der Waals surface area contributed by atoms with E-state index in [1.54, 1.807) is 11.3 Å². The number of aromatic nitrogens is 2. The van der Waals surface area contributed by atoms with Crippen LogP contribution in [-0.4, -0.2) is 27.6 Å². The van der Waals surface area contributed by atoms with Gasteiger partial charge in [0.05, 0.1) is 12.6 Å². The molecule has 1 N–H and O–H groups in total. The molecule has 4 rings (SSSR count). The molecule has 3 heterocycles. The standard InChI is InChI=1S/C16H20N4O2S/c1-2-12-11-6-8-23-13(11)5-7-20(12)16(21)17-9-14-18-15(19-22-14)10-3-4-10/h6,8,10,12H,2-5,7,9H2,1H3,(H,17,21)/t12-/m1/s1. The van der Waals surface area contributed by atoms with Crippen molar-refractivity contribution in [2.24, 2.45) is 0 Å². The molecule has 7 heteroatoms. The quantitative estimate of drug-likeness (QED) is 0.933. The molecule has 1 fully saturated rings. The van der Waals surface area contributed by atoms with E-state index in [9.17, 15) is 4.79 Å². The van der Waals surface area contributed by atoms with Crippen LogP contribution in [0.2, 0.25) is 0 Å². The van der Waals surface area contributed by atoms with E-state index in [2.05, 4.69) is 33.8 Å². The van der Waals surface area contributed by atoms with Gasteiger partial charge in [0.15, 0.2) is 5.82 Å². The highest BCUT2D eigenvalue weighted by Gasteiger charge is 2.31. The van der Waals surface area contributed by atoms with Gasteiger partial charge in [-0.25, -0.2) is 4.79 Å². The Bertz CT molecular complexity index is 707. The second-order valence-corrected chi connectivity index (χ2v) is 7.15. The highest BCUT2D eigenvalue weighted by atomic mass is 32.1. The number of nitrogens with zero attached hydrogens (tertiary/aromatic N) is 3. The number of hydrogen-bond donors (Lipinski definition) is 1. The van der Waals surface area contributed by atoms with Crippen molar-refractivity contribution in [1.29, 1.82) is 0 Å². The first-order valence-electron chi connectivity index (χ1n) is 8.19. The molecule has 23 heavy (non-hydrogen) atoms. The predicted molar refractivity (Wildman–Crippen MR) is 86.3 cm³/mol. The van der Waals surface area contributed by atoms with Gasteiger partial charge in [-0.1, -0.05) is 12.1 Å². The van der Waals surface area contributed by atoms with Crippen LogP contribution >= 0.6 is 11.3 Å². The Kier molecular flexibility index (Phi) is 3.80. The van der Waals surface area contributed by atoms with Crippen LogP contribution in [0.3, 0.4) is 0 Å². The summed E-state index contributed by atoms with van der Waals surface area (Å²) in [6, 6.07) is 2.25. The SMILES string of the molecule is CC[C@@H]1c2ccsc2CCN1C(=O)NCc1nc(C2CC2)no1. The van der Waals surface area contributed by atoms with Crippen molar-refractivity contribution in [3.8, 4) is 0 Å². The Morgan fingerprint density at radius 3 is 3.17 bits per heavy atom. The average Bonchev–Trinajstić information content (AvgIpc) is 3.12. The lowest BCUT2D eigenvalue weighted by Crippen LogP contribution is -2.45. The third-order valence-electron chi connectivity index (χ3n) is 4.56. The smallest absolute Gasteiger partial charge is 0.318 e. The first-order valence-corrected chi connectivity index (χ1v) is 9.07. The van der Waals surface area contributed by atoms with Crippen molar-refractivity contribution in [3.63, 3.8) is 0 Å². The van der Waals surface area contributed by atoms with E-state index in [0.717, 1.165) is 38.1 Å². The van der Waals surface area contributed by atoms with E-state index >= 15 is 0 Å². The van der Waals surface area contributed by atoms with Gasteiger partial charge in [-0.15, -0.1) is 11.3 Å². The normalized spacial score (nSPS) is 20.4. The highest BCUT2D eigenvalue weighted by Crippen LogP contribution is 2.38. The zero-order valence-electron chi connectivity index (χ0n) is 13.1. The summed E-state index contributed by atoms with van der Waals surface area (Å²) in [5.74, 6) is 1.73. The molecule has 6 nitrogen and oxygen atoms in total. The molecule has 0 spiro atoms. The molecule has 0 saturated heterocycles. The Labute approximate surface area is 138 Å². The molecule has 0 bridgehead atoms. The molecule has 2 aromatic heterocycles. The van der Waals surface area contributed by atoms with Gasteiger partial charge in [-0.2, -0.15) is 4.98 Å². The molecule has 0 aromatic carbocycles. The van der Waals surface area contributed by atoms with Crippen LogP contribution in [0.25, 0.3) is 0 Å². The molecule has 2 amide bonds. The number of fused-ring (bicyclic) bond motifs is 1. The fourth-order valence-electron chi connectivity index (χ4n) is 3.18. The summed E-state index contributed by atoms with van der Waals surface area (Å²) in [5, 5.41) is 9.01. The zero-order valence-corrected chi connectivity index (χ0v) is 13.9. The summed E-state index contributed by atoms with van der Waals surface area (Å²) in [7, 11) is 0. The summed E-state index contributed by atoms with van der Waals surface area (Å²) in [6.07, 6.45) is 4.13. The molecule has 0 radical (unpaired) electrons. The zero-order chi connectivity index (χ0) is 15.8. The van der Waals surface area contributed by atoms with E-state index in [1.165, 1.54) is 10.4 Å². The van der Waals surface area contributed by atoms with Crippen LogP contribution in [0.4, 0.5) is 4.79 Å². The summed E-state index contributed by atoms with van der Waals surface area (Å²) < 4.78 is 5.21. The molecule has 1 aliphatic heterocycles. The average molecular weight is 332 g/mol. The lowest BCUT2D eigenvalue weighted by Gasteiger charge is -2.35. The third kappa shape index (κ3) is 2.85. The van der Waals surface area contributed by atoms with Crippen LogP contribution in [0, 0.1) is 0 Å². The minimum Gasteiger partial charge on any atom is -0.337 e. The second-order valence-electron chi connectivity index (χ2n) is 6.15. The van der Waals surface area contributed by atoms with Gasteiger partial charge in [-0.05, 0) is 42.7 Å². The summed E-state index contributed by atoms with van der Waals surface area (Å²) in [4.78, 5) is 20.2. The minimum absolute atomic E-state index is 0.0557. The van der Waals surface area contributed by atoms with Crippen molar-refractivity contribution < 1.29 is 9.32 Å². The van der Waals surface area contributed by atoms with Gasteiger partial charge in [0.1, 0.15) is 0 Å². The number of rotatable bonds is 4. The van der Waals surface area contributed by atoms with Gasteiger partial charge in [-0.3, -0.25) is 0 Å². The number of amides is 2. The monoisotopic (exact) mass is 332 g/mol. The number of urea groups is 1. The van der Waals surface area contributed by atoms with Crippen molar-refractivity contribution in [1.82, 2.24) is 20.4 Å². The van der Waals surface area contributed by atoms with Crippen molar-refractivity contribution >= 4 is 17.4 Å². The molecule has 2 aliphatic rings. The summed E-state index contributed by atoms with van der Waals surface area (Å²) in [6.45, 7) is 3.18. The Balaban J connectivity index is 1.40. The predicted octanol–water partition coefficient (Wildman–Crippen LogP) is 3.23. The number of hydrogen-bond acceptors (Lipinski definition) is 5. The van der Waals surface area contributed by atoms with E-state index in [-0.39, 0.29) is 12.1 Å². The fraction of sp³-hybridized carbons (Fsp3) is 0.562. The third-order valence-corrected chi connectivity index (χ3v) is 5.56. The Morgan fingerprint density at radius 1 is 1.52 bits per heavy atom. The highest BCUT2D eigenvalue weighted by molar-refractivity contribution is 7.10. The Hall–Kier alpha value is -1.89. The summed E-state index contributed by atoms with van der Waals surface area (Å²) in [5.41, 5.74) is 1.30. The molecule has 2 aromatic rings. The van der Waals surface area contributed by atoms with Crippen molar-refractivity contribution in [2.45, 2.75) is 51.1 Å². The second kappa shape index (κ2) is 5.96. The van der Waals surface area contributed by atoms with Crippen LogP contribution in [0.5, 0.6) is 0 Å². The molecule has 1 aliphatic carbocycles. The maximum Gasteiger partial charge on any atom is 0.318 e. The van der Waals surface area contributed by atoms with Crippen LogP contribution in [-0.2, 0) is 13.0 Å². The van der Waals surface area contributed by atoms with Crippen LogP contribution in [0.1, 0.15) is 60.3 Å². The first-order chi connectivity index (χ1) is 11.3. The molecular weight excluding hydrogens is 312 g/mol. The summed E-state index contributed by atoms with van der Waals surface area (Å²) >= 11 is 1.79. The van der Waals surface area contributed by atoms with Gasteiger partial charge in [0.2, 0.25) is 5.89 Å². The molecule has 1 saturated carbocycles. The lowest BCUT2D eigenvalue weighted by molar-refractivity contribution is 0.166. The first kappa shape index (κ1) is 14.7. The van der Waals surface area contributed by atoms with Gasteiger partial charge in [0.25, 0.3) is 0 Å². The van der Waals surface area contributed by atoms with Gasteiger partial charge >= 0.3 is 6.03 Å². The largest absolute Gasteiger partial charge is 0.337 e. The number of thiophene rings is 1. The van der Waals surface area contributed by atoms with Crippen molar-refractivity contribution in [2.75, 3.05) is 6.54 Å². The van der Waals surface area contributed by atoms with E-state index in [1.807, 2.05) is 4.90 Å². The molecule has 1 atom stereocenters. The topological polar surface area (TPSA) is 71.3 Å². The van der Waals surface area contributed by atoms with E-state index in [0.29, 0.717) is 18.4 Å². The molecule has 122 valence electrons. The van der Waals surface area contributed by atoms with Gasteiger partial charge < -0.3 is 14.7 Å². The Morgan fingerprint density at radius 2 is 2.39 bits per heavy atom. The van der Waals surface area contributed by atoms with E-state index < -0.39 is 0 Å². The number of carbonyl (C=O) groups is 1. The number of nitrogens with one attached hydrogen (secondary N) is 1. The van der Waals surface area contributed by atoms with Crippen LogP contribution in [0.15, 0.2) is 16.0 Å². The van der Waals surface area contributed by atoms with E-state index in [4.69, 9.17) is 4.52 Å². The lowest BCUT2D eigenvalue weighted by atomic mass is 9.98. The van der Waals surface area contributed by atoms with Gasteiger partial charge in [0, 0.05) is 17.3 Å². The maximum atomic E-state index is 12.6. The van der Waals surface area contributed by atoms with Crippen molar-refractivity contribution in [3.05, 3.63) is 33.6 Å². The number of carbonyl (C=O) groups excluding carboxylic acids is 1.